The first-order valence-corrected chi connectivity index (χ1v) is 18.0. The van der Waals surface area contributed by atoms with Crippen molar-refractivity contribution in [2.24, 2.45) is 0 Å². The second-order valence-electron chi connectivity index (χ2n) is 12.2. The number of nitrogens with one attached hydrogen (secondary N) is 2. The Balaban J connectivity index is 0.000000210. The van der Waals surface area contributed by atoms with Crippen molar-refractivity contribution in [1.29, 1.82) is 0 Å². The van der Waals surface area contributed by atoms with Crippen LogP contribution >= 0.6 is 11.6 Å². The zero-order valence-electron chi connectivity index (χ0n) is 31.5. The maximum atomic E-state index is 12.2. The van der Waals surface area contributed by atoms with Crippen molar-refractivity contribution in [3.8, 4) is 11.3 Å². The van der Waals surface area contributed by atoms with Gasteiger partial charge in [0.2, 0.25) is 0 Å². The van der Waals surface area contributed by atoms with Crippen molar-refractivity contribution in [1.82, 2.24) is 19.9 Å². The molecule has 4 aromatic carbocycles. The molecule has 0 aliphatic heterocycles. The second-order valence-corrected chi connectivity index (χ2v) is 12.6. The number of hydrogen-bond donors (Lipinski definition) is 4. The van der Waals surface area contributed by atoms with Crippen LogP contribution in [0.2, 0.25) is 5.15 Å². The zero-order chi connectivity index (χ0) is 41.7. The minimum absolute atomic E-state index is 0.311. The molecule has 2 aromatic heterocycles. The zero-order valence-corrected chi connectivity index (χ0v) is 32.3. The Morgan fingerprint density at radius 2 is 1.10 bits per heavy atom. The molecule has 2 atom stereocenters. The maximum absolute atomic E-state index is 12.2. The van der Waals surface area contributed by atoms with Gasteiger partial charge in [0.15, 0.2) is 0 Å². The highest BCUT2D eigenvalue weighted by molar-refractivity contribution is 6.58. The number of halogens is 1. The van der Waals surface area contributed by atoms with Crippen molar-refractivity contribution >= 4 is 60.3 Å². The monoisotopic (exact) mass is 802 g/mol. The lowest BCUT2D eigenvalue weighted by Gasteiger charge is -2.17. The highest BCUT2D eigenvalue weighted by atomic mass is 35.5. The number of carbonyl (C=O) groups excluding carboxylic acids is 4. The van der Waals surface area contributed by atoms with E-state index in [4.69, 9.17) is 31.1 Å². The van der Waals surface area contributed by atoms with Crippen molar-refractivity contribution < 1.29 is 38.7 Å². The molecule has 0 spiro atoms. The summed E-state index contributed by atoms with van der Waals surface area (Å²) in [4.78, 5) is 61.3. The van der Waals surface area contributed by atoms with E-state index in [1.54, 1.807) is 24.3 Å². The van der Waals surface area contributed by atoms with Gasteiger partial charge in [0.25, 0.3) is 0 Å². The third kappa shape index (κ3) is 14.4. The Kier molecular flexibility index (Phi) is 17.6. The molecule has 58 heavy (non-hydrogen) atoms. The summed E-state index contributed by atoms with van der Waals surface area (Å²) in [5, 5.41) is 23.8. The Labute approximate surface area is 340 Å². The molecule has 0 radical (unpaired) electrons. The second kappa shape index (κ2) is 23.3. The van der Waals surface area contributed by atoms with Crippen LogP contribution in [0.5, 0.6) is 0 Å². The lowest BCUT2D eigenvalue weighted by Crippen LogP contribution is -2.33. The third-order valence-corrected chi connectivity index (χ3v) is 8.40. The van der Waals surface area contributed by atoms with E-state index in [0.717, 1.165) is 23.0 Å². The van der Waals surface area contributed by atoms with E-state index >= 15 is 0 Å². The van der Waals surface area contributed by atoms with E-state index in [0.29, 0.717) is 58.2 Å². The van der Waals surface area contributed by atoms with Crippen molar-refractivity contribution in [2.45, 2.75) is 24.9 Å². The van der Waals surface area contributed by atoms with Gasteiger partial charge < -0.3 is 30.2 Å². The predicted molar refractivity (Wildman–Crippen MR) is 221 cm³/mol. The summed E-state index contributed by atoms with van der Waals surface area (Å²) in [6, 6.07) is 34.7. The van der Waals surface area contributed by atoms with Crippen LogP contribution in [0.4, 0.5) is 11.6 Å². The molecular formula is C42H40BClN6O8. The Bertz CT molecular complexity index is 2200. The summed E-state index contributed by atoms with van der Waals surface area (Å²) < 4.78 is 9.73. The van der Waals surface area contributed by atoms with Gasteiger partial charge in [0, 0.05) is 41.7 Å². The number of aldehydes is 2. The first kappa shape index (κ1) is 43.9. The van der Waals surface area contributed by atoms with Crippen molar-refractivity contribution in [2.75, 3.05) is 24.9 Å². The molecule has 6 rings (SSSR count). The van der Waals surface area contributed by atoms with E-state index in [9.17, 15) is 19.2 Å². The molecule has 0 amide bonds. The fourth-order valence-corrected chi connectivity index (χ4v) is 5.36. The number of aromatic nitrogens is 4. The minimum atomic E-state index is -1.46. The number of methoxy groups -OCH3 is 2. The smallest absolute Gasteiger partial charge is 0.467 e. The third-order valence-electron chi connectivity index (χ3n) is 8.19. The molecule has 0 bridgehead atoms. The van der Waals surface area contributed by atoms with Crippen LogP contribution in [0.1, 0.15) is 31.8 Å². The fourth-order valence-electron chi connectivity index (χ4n) is 5.21. The maximum Gasteiger partial charge on any atom is 0.488 e. The molecule has 6 aromatic rings. The van der Waals surface area contributed by atoms with Gasteiger partial charge >= 0.3 is 19.1 Å². The number of esters is 2. The van der Waals surface area contributed by atoms with E-state index in [1.807, 2.05) is 72.8 Å². The average Bonchev–Trinajstić information content (AvgIpc) is 3.26. The van der Waals surface area contributed by atoms with Gasteiger partial charge in [-0.25, -0.2) is 29.5 Å². The van der Waals surface area contributed by atoms with E-state index < -0.39 is 19.2 Å². The molecular weight excluding hydrogens is 763 g/mol. The SMILES string of the molecule is COC(=O)C(Cc1ccccc1)Nc1cc(-c2ccc(C=O)cc2)ncn1.COC(=O)C(Cc1ccccc1)Nc1cc(Cl)ncn1.O=Cc1ccc(B(O)O)cc1. The Morgan fingerprint density at radius 1 is 0.655 bits per heavy atom. The fraction of sp³-hybridized carbons (Fsp3) is 0.143. The van der Waals surface area contributed by atoms with Crippen LogP contribution in [0.25, 0.3) is 11.3 Å². The van der Waals surface area contributed by atoms with Gasteiger partial charge in [0.05, 0.1) is 19.9 Å². The topological polar surface area (TPSA) is 203 Å². The van der Waals surface area contributed by atoms with Crippen molar-refractivity contribution in [3.63, 3.8) is 0 Å². The van der Waals surface area contributed by atoms with Gasteiger partial charge in [-0.1, -0.05) is 121 Å². The van der Waals surface area contributed by atoms with Gasteiger partial charge in [-0.05, 0) is 16.6 Å². The largest absolute Gasteiger partial charge is 0.488 e. The van der Waals surface area contributed by atoms with Crippen LogP contribution in [-0.2, 0) is 31.9 Å². The summed E-state index contributed by atoms with van der Waals surface area (Å²) >= 11 is 5.79. The number of benzene rings is 4. The summed E-state index contributed by atoms with van der Waals surface area (Å²) in [6.45, 7) is 0. The number of nitrogens with zero attached hydrogens (tertiary/aromatic N) is 4. The molecule has 0 aliphatic rings. The molecule has 296 valence electrons. The molecule has 2 heterocycles. The normalized spacial score (nSPS) is 11.1. The number of ether oxygens (including phenoxy) is 2. The highest BCUT2D eigenvalue weighted by Gasteiger charge is 2.21. The predicted octanol–water partition coefficient (Wildman–Crippen LogP) is 4.66. The molecule has 4 N–H and O–H groups in total. The van der Waals surface area contributed by atoms with Gasteiger partial charge in [0.1, 0.15) is 54.1 Å². The van der Waals surface area contributed by atoms with Crippen LogP contribution < -0.4 is 16.1 Å². The van der Waals surface area contributed by atoms with Crippen molar-refractivity contribution in [3.05, 3.63) is 161 Å². The van der Waals surface area contributed by atoms with Crippen LogP contribution in [-0.4, -0.2) is 87.9 Å². The standard InChI is InChI=1S/C21H19N3O3.C14H14ClN3O2.C7H7BO3/c1-27-21(26)19(11-15-5-3-2-4-6-15)24-20-12-18(22-14-23-20)17-9-7-16(13-25)8-10-17;1-20-14(19)11(7-10-5-3-2-4-6-10)18-13-8-12(15)16-9-17-13;9-5-6-1-3-7(4-2-6)8(10)11/h2-10,12-14,19H,11H2,1H3,(H,22,23,24);2-6,8-9,11H,7H2,1H3,(H,16,17,18);1-5,10-11H. The Hall–Kier alpha value is -6.81. The number of carbonyl (C=O) groups is 4. The summed E-state index contributed by atoms with van der Waals surface area (Å²) in [6.07, 6.45) is 5.23. The Morgan fingerprint density at radius 3 is 1.53 bits per heavy atom. The molecule has 0 saturated heterocycles. The first-order chi connectivity index (χ1) is 28.1. The van der Waals surface area contributed by atoms with Gasteiger partial charge in [-0.2, -0.15) is 0 Å². The lowest BCUT2D eigenvalue weighted by atomic mass is 9.80. The molecule has 0 saturated carbocycles. The average molecular weight is 803 g/mol. The summed E-state index contributed by atoms with van der Waals surface area (Å²) in [5.74, 6) is 0.278. The number of anilines is 2. The van der Waals surface area contributed by atoms with Gasteiger partial charge in [-0.15, -0.1) is 0 Å². The molecule has 16 heteroatoms. The van der Waals surface area contributed by atoms with E-state index in [1.165, 1.54) is 51.1 Å². The lowest BCUT2D eigenvalue weighted by molar-refractivity contribution is -0.142. The van der Waals surface area contributed by atoms with Crippen LogP contribution in [0.15, 0.2) is 134 Å². The van der Waals surface area contributed by atoms with Gasteiger partial charge in [-0.3, -0.25) is 9.59 Å². The highest BCUT2D eigenvalue weighted by Crippen LogP contribution is 2.20. The van der Waals surface area contributed by atoms with E-state index in [2.05, 4.69) is 30.6 Å². The molecule has 2 unspecified atom stereocenters. The van der Waals surface area contributed by atoms with Crippen LogP contribution in [0.3, 0.4) is 0 Å². The quantitative estimate of drug-likeness (QED) is 0.0513. The summed E-state index contributed by atoms with van der Waals surface area (Å²) in [7, 11) is 1.26. The van der Waals surface area contributed by atoms with E-state index in [-0.39, 0.29) is 11.9 Å². The molecule has 0 aliphatic carbocycles. The van der Waals surface area contributed by atoms with Crippen LogP contribution in [0, 0.1) is 0 Å². The number of rotatable bonds is 14. The first-order valence-electron chi connectivity index (χ1n) is 17.7. The molecule has 0 fully saturated rings. The molecule has 14 nitrogen and oxygen atoms in total. The number of hydrogen-bond acceptors (Lipinski definition) is 14. The summed E-state index contributed by atoms with van der Waals surface area (Å²) in [5.41, 5.74) is 5.08. The minimum Gasteiger partial charge on any atom is -0.467 e.